The van der Waals surface area contributed by atoms with Crippen LogP contribution >= 0.6 is 0 Å². The van der Waals surface area contributed by atoms with E-state index in [1.807, 2.05) is 0 Å². The van der Waals surface area contributed by atoms with Gasteiger partial charge in [-0.1, -0.05) is 6.07 Å². The number of ether oxygens (including phenoxy) is 2. The van der Waals surface area contributed by atoms with Crippen molar-refractivity contribution in [3.05, 3.63) is 52.6 Å². The Kier molecular flexibility index (Phi) is 4.57. The van der Waals surface area contributed by atoms with E-state index in [9.17, 15) is 14.4 Å². The fourth-order valence-electron chi connectivity index (χ4n) is 1.91. The van der Waals surface area contributed by atoms with Gasteiger partial charge in [0.15, 0.2) is 0 Å². The van der Waals surface area contributed by atoms with E-state index in [1.54, 1.807) is 24.3 Å². The minimum Gasteiger partial charge on any atom is -0.466 e. The van der Waals surface area contributed by atoms with Crippen LogP contribution in [0, 0.1) is 0 Å². The summed E-state index contributed by atoms with van der Waals surface area (Å²) in [5.74, 6) is -1.43. The highest BCUT2D eigenvalue weighted by molar-refractivity contribution is 6.02. The standard InChI is InChI=1S/C15H14N2O5/c1-21-13(18)8-12(15(20)22-2)17-11-5-3-4-10-9(11)6-7-16-14(10)19/h3-8,17H,1-2H3,(H,16,19)/b12-8+. The van der Waals surface area contributed by atoms with Crippen molar-refractivity contribution in [1.29, 1.82) is 0 Å². The Balaban J connectivity index is 2.49. The van der Waals surface area contributed by atoms with Crippen LogP contribution in [0.4, 0.5) is 5.69 Å². The number of rotatable bonds is 4. The number of methoxy groups -OCH3 is 2. The number of carbonyl (C=O) groups excluding carboxylic acids is 2. The van der Waals surface area contributed by atoms with Crippen LogP contribution in [0.5, 0.6) is 0 Å². The van der Waals surface area contributed by atoms with Gasteiger partial charge in [0.05, 0.1) is 20.3 Å². The van der Waals surface area contributed by atoms with Crippen LogP contribution in [0.3, 0.4) is 0 Å². The molecular weight excluding hydrogens is 288 g/mol. The van der Waals surface area contributed by atoms with Gasteiger partial charge < -0.3 is 19.8 Å². The molecule has 0 fully saturated rings. The van der Waals surface area contributed by atoms with Gasteiger partial charge in [0, 0.05) is 22.7 Å². The number of nitrogens with one attached hydrogen (secondary N) is 2. The summed E-state index contributed by atoms with van der Waals surface area (Å²) in [4.78, 5) is 37.4. The predicted molar refractivity (Wildman–Crippen MR) is 80.3 cm³/mol. The molecule has 7 nitrogen and oxygen atoms in total. The van der Waals surface area contributed by atoms with Crippen molar-refractivity contribution < 1.29 is 19.1 Å². The number of hydrogen-bond donors (Lipinski definition) is 2. The topological polar surface area (TPSA) is 97.5 Å². The van der Waals surface area contributed by atoms with Crippen molar-refractivity contribution in [2.45, 2.75) is 0 Å². The second kappa shape index (κ2) is 6.57. The third-order valence-corrected chi connectivity index (χ3v) is 2.95. The Morgan fingerprint density at radius 2 is 1.91 bits per heavy atom. The van der Waals surface area contributed by atoms with E-state index < -0.39 is 11.9 Å². The molecule has 7 heteroatoms. The zero-order valence-electron chi connectivity index (χ0n) is 12.0. The molecule has 0 amide bonds. The molecule has 0 saturated carbocycles. The lowest BCUT2D eigenvalue weighted by atomic mass is 10.1. The summed E-state index contributed by atoms with van der Waals surface area (Å²) in [5, 5.41) is 3.85. The molecule has 0 bridgehead atoms. The first-order valence-corrected chi connectivity index (χ1v) is 6.32. The number of esters is 2. The summed E-state index contributed by atoms with van der Waals surface area (Å²) < 4.78 is 9.12. The summed E-state index contributed by atoms with van der Waals surface area (Å²) >= 11 is 0. The van der Waals surface area contributed by atoms with Crippen LogP contribution in [0.1, 0.15) is 0 Å². The summed E-state index contributed by atoms with van der Waals surface area (Å²) in [6, 6.07) is 6.68. The van der Waals surface area contributed by atoms with Gasteiger partial charge in [-0.3, -0.25) is 4.79 Å². The van der Waals surface area contributed by atoms with E-state index in [0.29, 0.717) is 16.5 Å². The highest BCUT2D eigenvalue weighted by Crippen LogP contribution is 2.22. The molecule has 1 heterocycles. The molecule has 1 aromatic heterocycles. The number of benzene rings is 1. The number of aromatic amines is 1. The van der Waals surface area contributed by atoms with Crippen molar-refractivity contribution in [2.75, 3.05) is 19.5 Å². The predicted octanol–water partition coefficient (Wildman–Crippen LogP) is 1.17. The molecule has 22 heavy (non-hydrogen) atoms. The Hall–Kier alpha value is -3.09. The van der Waals surface area contributed by atoms with Crippen LogP contribution in [0.25, 0.3) is 10.8 Å². The first-order valence-electron chi connectivity index (χ1n) is 6.32. The van der Waals surface area contributed by atoms with Gasteiger partial charge in [0.1, 0.15) is 5.70 Å². The zero-order chi connectivity index (χ0) is 16.1. The van der Waals surface area contributed by atoms with E-state index in [0.717, 1.165) is 6.08 Å². The first kappa shape index (κ1) is 15.3. The van der Waals surface area contributed by atoms with Crippen molar-refractivity contribution in [1.82, 2.24) is 4.98 Å². The maximum Gasteiger partial charge on any atom is 0.354 e. The van der Waals surface area contributed by atoms with E-state index in [4.69, 9.17) is 0 Å². The van der Waals surface area contributed by atoms with Crippen molar-refractivity contribution in [3.8, 4) is 0 Å². The van der Waals surface area contributed by atoms with Gasteiger partial charge in [-0.15, -0.1) is 0 Å². The summed E-state index contributed by atoms with van der Waals surface area (Å²) in [6.45, 7) is 0. The molecule has 0 aliphatic rings. The van der Waals surface area contributed by atoms with Crippen LogP contribution in [0.2, 0.25) is 0 Å². The van der Waals surface area contributed by atoms with Crippen molar-refractivity contribution >= 4 is 28.4 Å². The van der Waals surface area contributed by atoms with Gasteiger partial charge in [-0.05, 0) is 18.2 Å². The highest BCUT2D eigenvalue weighted by Gasteiger charge is 2.14. The van der Waals surface area contributed by atoms with Gasteiger partial charge >= 0.3 is 11.9 Å². The lowest BCUT2D eigenvalue weighted by Gasteiger charge is -2.11. The summed E-state index contributed by atoms with van der Waals surface area (Å²) in [6.07, 6.45) is 2.48. The minimum absolute atomic E-state index is 0.0952. The van der Waals surface area contributed by atoms with Crippen molar-refractivity contribution in [3.63, 3.8) is 0 Å². The summed E-state index contributed by atoms with van der Waals surface area (Å²) in [5.41, 5.74) is 0.143. The molecule has 0 unspecified atom stereocenters. The number of anilines is 1. The molecule has 1 aromatic carbocycles. The lowest BCUT2D eigenvalue weighted by Crippen LogP contribution is -2.16. The molecule has 0 aliphatic carbocycles. The maximum absolute atomic E-state index is 11.8. The molecule has 114 valence electrons. The molecular formula is C15H14N2O5. The number of aromatic nitrogens is 1. The minimum atomic E-state index is -0.729. The Labute approximate surface area is 125 Å². The second-order valence-corrected chi connectivity index (χ2v) is 4.27. The number of hydrogen-bond acceptors (Lipinski definition) is 6. The van der Waals surface area contributed by atoms with E-state index in [1.165, 1.54) is 20.4 Å². The number of pyridine rings is 1. The molecule has 2 aromatic rings. The van der Waals surface area contributed by atoms with Gasteiger partial charge in [0.25, 0.3) is 5.56 Å². The molecule has 0 saturated heterocycles. The highest BCUT2D eigenvalue weighted by atomic mass is 16.5. The number of fused-ring (bicyclic) bond motifs is 1. The van der Waals surface area contributed by atoms with Gasteiger partial charge in [-0.2, -0.15) is 0 Å². The first-order chi connectivity index (χ1) is 10.6. The molecule has 0 spiro atoms. The number of H-pyrrole nitrogens is 1. The quantitative estimate of drug-likeness (QED) is 0.650. The van der Waals surface area contributed by atoms with Gasteiger partial charge in [0.2, 0.25) is 0 Å². The Bertz CT molecular complexity index is 807. The molecule has 0 radical (unpaired) electrons. The van der Waals surface area contributed by atoms with E-state index >= 15 is 0 Å². The smallest absolute Gasteiger partial charge is 0.354 e. The molecule has 2 rings (SSSR count). The van der Waals surface area contributed by atoms with Crippen LogP contribution in [-0.4, -0.2) is 31.1 Å². The van der Waals surface area contributed by atoms with Crippen LogP contribution < -0.4 is 10.9 Å². The monoisotopic (exact) mass is 302 g/mol. The second-order valence-electron chi connectivity index (χ2n) is 4.27. The Morgan fingerprint density at radius 3 is 2.59 bits per heavy atom. The summed E-state index contributed by atoms with van der Waals surface area (Å²) in [7, 11) is 2.40. The van der Waals surface area contributed by atoms with Crippen LogP contribution in [-0.2, 0) is 19.1 Å². The third-order valence-electron chi connectivity index (χ3n) is 2.95. The van der Waals surface area contributed by atoms with Gasteiger partial charge in [-0.25, -0.2) is 9.59 Å². The van der Waals surface area contributed by atoms with Crippen LogP contribution in [0.15, 0.2) is 47.0 Å². The van der Waals surface area contributed by atoms with E-state index in [2.05, 4.69) is 19.8 Å². The SMILES string of the molecule is COC(=O)/C=C(/Nc1cccc2c(=O)[nH]ccc12)C(=O)OC. The molecule has 2 N–H and O–H groups in total. The Morgan fingerprint density at radius 1 is 1.14 bits per heavy atom. The average Bonchev–Trinajstić information content (AvgIpc) is 2.54. The lowest BCUT2D eigenvalue weighted by molar-refractivity contribution is -0.138. The average molecular weight is 302 g/mol. The van der Waals surface area contributed by atoms with Crippen molar-refractivity contribution in [2.24, 2.45) is 0 Å². The normalized spacial score (nSPS) is 11.1. The zero-order valence-corrected chi connectivity index (χ0v) is 12.0. The number of carbonyl (C=O) groups is 2. The maximum atomic E-state index is 11.8. The molecule has 0 atom stereocenters. The largest absolute Gasteiger partial charge is 0.466 e. The fraction of sp³-hybridized carbons (Fsp3) is 0.133. The molecule has 0 aliphatic heterocycles. The third kappa shape index (κ3) is 3.14. The fourth-order valence-corrected chi connectivity index (χ4v) is 1.91. The van der Waals surface area contributed by atoms with E-state index in [-0.39, 0.29) is 11.3 Å².